The van der Waals surface area contributed by atoms with E-state index in [9.17, 15) is 4.79 Å². The largest absolute Gasteiger partial charge is 0.369 e. The van der Waals surface area contributed by atoms with Gasteiger partial charge in [0.1, 0.15) is 0 Å². The fourth-order valence-electron chi connectivity index (χ4n) is 3.95. The molecule has 1 aromatic heterocycles. The quantitative estimate of drug-likeness (QED) is 0.863. The van der Waals surface area contributed by atoms with Gasteiger partial charge in [-0.1, -0.05) is 20.8 Å². The first-order chi connectivity index (χ1) is 10.1. The molecule has 0 aromatic carbocycles. The number of carbonyl (C=O) groups excluding carboxylic acids is 1. The number of rotatable bonds is 1. The third-order valence-electron chi connectivity index (χ3n) is 4.86. The van der Waals surface area contributed by atoms with E-state index in [1.807, 2.05) is 39.2 Å². The Labute approximate surface area is 133 Å². The second-order valence-corrected chi connectivity index (χ2v) is 8.60. The summed E-state index contributed by atoms with van der Waals surface area (Å²) < 4.78 is 0. The molecule has 1 aromatic rings. The first-order valence-electron chi connectivity index (χ1n) is 8.14. The van der Waals surface area contributed by atoms with Gasteiger partial charge in [0, 0.05) is 40.5 Å². The number of likely N-dealkylation sites (tertiary alicyclic amines) is 1. The van der Waals surface area contributed by atoms with Gasteiger partial charge in [-0.3, -0.25) is 14.7 Å². The number of hydrogen-bond donors (Lipinski definition) is 1. The summed E-state index contributed by atoms with van der Waals surface area (Å²) in [6.07, 6.45) is 4.85. The normalized spacial score (nSPS) is 28.2. The van der Waals surface area contributed by atoms with Crippen LogP contribution in [0.5, 0.6) is 0 Å². The molecule has 0 saturated carbocycles. The minimum absolute atomic E-state index is 0.0316. The average Bonchev–Trinajstić information content (AvgIpc) is 2.90. The highest BCUT2D eigenvalue weighted by Gasteiger charge is 2.53. The van der Waals surface area contributed by atoms with Crippen LogP contribution in [0, 0.1) is 5.41 Å². The van der Waals surface area contributed by atoms with Gasteiger partial charge in [-0.25, -0.2) is 0 Å². The lowest BCUT2D eigenvalue weighted by Gasteiger charge is -2.42. The van der Waals surface area contributed by atoms with Gasteiger partial charge in [0.2, 0.25) is 0 Å². The number of pyridine rings is 1. The van der Waals surface area contributed by atoms with Gasteiger partial charge in [0.25, 0.3) is 0 Å². The molecule has 3 atom stereocenters. The van der Waals surface area contributed by atoms with E-state index < -0.39 is 0 Å². The van der Waals surface area contributed by atoms with E-state index in [1.54, 1.807) is 0 Å². The lowest BCUT2D eigenvalue weighted by molar-refractivity contribution is -0.133. The Hall–Kier alpha value is -1.42. The minimum atomic E-state index is -0.315. The van der Waals surface area contributed by atoms with E-state index in [-0.39, 0.29) is 23.2 Å². The Morgan fingerprint density at radius 2 is 1.95 bits per heavy atom. The number of carbonyl (C=O) groups is 1. The van der Waals surface area contributed by atoms with Crippen LogP contribution in [0.25, 0.3) is 0 Å². The van der Waals surface area contributed by atoms with Crippen molar-refractivity contribution in [1.82, 2.24) is 9.88 Å². The highest BCUT2D eigenvalue weighted by Crippen LogP contribution is 2.49. The maximum atomic E-state index is 13.0. The number of fused-ring (bicyclic) bond motifs is 3. The summed E-state index contributed by atoms with van der Waals surface area (Å²) in [6, 6.07) is 2.01. The maximum Gasteiger partial charge on any atom is 0.155 e. The zero-order valence-electron chi connectivity index (χ0n) is 14.5. The molecule has 0 aliphatic carbocycles. The van der Waals surface area contributed by atoms with E-state index in [2.05, 4.69) is 36.0 Å². The van der Waals surface area contributed by atoms with E-state index in [4.69, 9.17) is 0 Å². The molecule has 4 nitrogen and oxygen atoms in total. The van der Waals surface area contributed by atoms with Crippen molar-refractivity contribution in [1.29, 1.82) is 0 Å². The summed E-state index contributed by atoms with van der Waals surface area (Å²) in [7, 11) is 0. The summed E-state index contributed by atoms with van der Waals surface area (Å²) in [4.78, 5) is 19.6. The smallest absolute Gasteiger partial charge is 0.155 e. The molecule has 3 unspecified atom stereocenters. The van der Waals surface area contributed by atoms with Crippen molar-refractivity contribution in [3.63, 3.8) is 0 Å². The molecule has 3 heterocycles. The lowest BCUT2D eigenvalue weighted by Crippen LogP contribution is -2.55. The predicted octanol–water partition coefficient (Wildman–Crippen LogP) is 3.40. The molecular weight excluding hydrogens is 274 g/mol. The highest BCUT2D eigenvalue weighted by molar-refractivity contribution is 5.89. The first-order valence-corrected chi connectivity index (χ1v) is 8.14. The molecular formula is C18H27N3O. The van der Waals surface area contributed by atoms with Crippen molar-refractivity contribution in [3.05, 3.63) is 24.0 Å². The molecule has 2 aliphatic heterocycles. The summed E-state index contributed by atoms with van der Waals surface area (Å²) in [5.41, 5.74) is 2.05. The Balaban J connectivity index is 2.00. The fourth-order valence-corrected chi connectivity index (χ4v) is 3.95. The number of aromatic nitrogens is 1. The molecule has 2 aliphatic rings. The predicted molar refractivity (Wildman–Crippen MR) is 88.8 cm³/mol. The van der Waals surface area contributed by atoms with Crippen LogP contribution in [0.1, 0.15) is 59.4 Å². The molecule has 3 rings (SSSR count). The topological polar surface area (TPSA) is 45.2 Å². The van der Waals surface area contributed by atoms with Gasteiger partial charge >= 0.3 is 0 Å². The number of Topliss-reactive ketones (excluding diaryl/α,β-unsaturated/α-hetero) is 1. The molecule has 0 bridgehead atoms. The number of nitrogens with zero attached hydrogens (tertiary/aromatic N) is 2. The Bertz CT molecular complexity index is 597. The van der Waals surface area contributed by atoms with Crippen LogP contribution in [0.4, 0.5) is 5.69 Å². The van der Waals surface area contributed by atoms with Crippen molar-refractivity contribution in [2.75, 3.05) is 5.32 Å². The summed E-state index contributed by atoms with van der Waals surface area (Å²) in [5, 5.41) is 3.62. The van der Waals surface area contributed by atoms with E-state index in [1.165, 1.54) is 11.3 Å². The Morgan fingerprint density at radius 1 is 1.27 bits per heavy atom. The van der Waals surface area contributed by atoms with Crippen LogP contribution in [0.3, 0.4) is 0 Å². The molecule has 0 amide bonds. The standard InChI is InChI=1S/C18H27N3O/c1-17(2,3)15(22)14-9-11-12-10-19-8-7-13(12)20-16(11)21(14)18(4,5)6/h7-8,10-11,14,16,20H,9H2,1-6H3. The van der Waals surface area contributed by atoms with E-state index >= 15 is 0 Å². The van der Waals surface area contributed by atoms with Crippen LogP contribution in [0.15, 0.2) is 18.5 Å². The molecule has 4 heteroatoms. The van der Waals surface area contributed by atoms with E-state index in [0.717, 1.165) is 6.42 Å². The van der Waals surface area contributed by atoms with Crippen LogP contribution in [0.2, 0.25) is 0 Å². The molecule has 1 saturated heterocycles. The lowest BCUT2D eigenvalue weighted by atomic mass is 9.83. The van der Waals surface area contributed by atoms with Crippen molar-refractivity contribution in [3.8, 4) is 0 Å². The van der Waals surface area contributed by atoms with Crippen molar-refractivity contribution in [2.24, 2.45) is 5.41 Å². The van der Waals surface area contributed by atoms with Crippen molar-refractivity contribution < 1.29 is 4.79 Å². The van der Waals surface area contributed by atoms with E-state index in [0.29, 0.717) is 11.7 Å². The van der Waals surface area contributed by atoms with Gasteiger partial charge in [-0.2, -0.15) is 0 Å². The third kappa shape index (κ3) is 2.34. The average molecular weight is 301 g/mol. The van der Waals surface area contributed by atoms with Crippen molar-refractivity contribution in [2.45, 2.75) is 71.6 Å². The van der Waals surface area contributed by atoms with Crippen LogP contribution in [-0.2, 0) is 4.79 Å². The summed E-state index contributed by atoms with van der Waals surface area (Å²) in [6.45, 7) is 12.7. The summed E-state index contributed by atoms with van der Waals surface area (Å²) in [5.74, 6) is 0.684. The monoisotopic (exact) mass is 301 g/mol. The van der Waals surface area contributed by atoms with Gasteiger partial charge in [0.05, 0.1) is 12.2 Å². The molecule has 1 N–H and O–H groups in total. The van der Waals surface area contributed by atoms with Crippen LogP contribution >= 0.6 is 0 Å². The van der Waals surface area contributed by atoms with Crippen LogP contribution in [-0.4, -0.2) is 33.4 Å². The second kappa shape index (κ2) is 4.79. The minimum Gasteiger partial charge on any atom is -0.369 e. The number of ketones is 1. The molecule has 0 spiro atoms. The molecule has 0 radical (unpaired) electrons. The summed E-state index contributed by atoms with van der Waals surface area (Å²) >= 11 is 0. The SMILES string of the molecule is CC(C)(C)C(=O)C1CC2c3cnccc3NC2N1C(C)(C)C. The number of anilines is 1. The van der Waals surface area contributed by atoms with Gasteiger partial charge < -0.3 is 5.32 Å². The molecule has 22 heavy (non-hydrogen) atoms. The molecule has 120 valence electrons. The fraction of sp³-hybridized carbons (Fsp3) is 0.667. The Morgan fingerprint density at radius 3 is 2.55 bits per heavy atom. The first kappa shape index (κ1) is 15.5. The molecule has 1 fully saturated rings. The number of hydrogen-bond acceptors (Lipinski definition) is 4. The third-order valence-corrected chi connectivity index (χ3v) is 4.86. The zero-order valence-corrected chi connectivity index (χ0v) is 14.5. The van der Waals surface area contributed by atoms with Gasteiger partial charge in [-0.05, 0) is 33.3 Å². The highest BCUT2D eigenvalue weighted by atomic mass is 16.1. The maximum absolute atomic E-state index is 13.0. The van der Waals surface area contributed by atoms with Gasteiger partial charge in [-0.15, -0.1) is 0 Å². The van der Waals surface area contributed by atoms with Crippen LogP contribution < -0.4 is 5.32 Å². The number of nitrogens with one attached hydrogen (secondary N) is 1. The van der Waals surface area contributed by atoms with Crippen molar-refractivity contribution >= 4 is 11.5 Å². The zero-order chi connectivity index (χ0) is 16.3. The second-order valence-electron chi connectivity index (χ2n) is 8.60. The van der Waals surface area contributed by atoms with Gasteiger partial charge in [0.15, 0.2) is 5.78 Å². The Kier molecular flexibility index (Phi) is 3.37.